The van der Waals surface area contributed by atoms with Gasteiger partial charge in [-0.1, -0.05) is 59.6 Å². The Morgan fingerprint density at radius 2 is 1.78 bits per heavy atom. The number of nitrogens with zero attached hydrogens (tertiary/aromatic N) is 1. The van der Waals surface area contributed by atoms with Crippen molar-refractivity contribution in [3.8, 4) is 0 Å². The number of rotatable bonds is 8. The van der Waals surface area contributed by atoms with Gasteiger partial charge in [0.1, 0.15) is 0 Å². The van der Waals surface area contributed by atoms with Gasteiger partial charge >= 0.3 is 5.97 Å². The number of thioether (sulfide) groups is 1. The second-order valence-corrected chi connectivity index (χ2v) is 11.2. The number of aromatic carboxylic acids is 1. The number of fused-ring (bicyclic) bond motifs is 1. The van der Waals surface area contributed by atoms with E-state index in [-0.39, 0.29) is 12.2 Å². The van der Waals surface area contributed by atoms with Crippen molar-refractivity contribution in [2.75, 3.05) is 32.1 Å². The first kappa shape index (κ1) is 25.3. The SMILES string of the molecule is O=C(O)c1ccc2c(c1)SCC(c1ccc(Cl)cc1Cl)=C2c1ccc(CC2CN(CCCF)C2)cc1. The van der Waals surface area contributed by atoms with Crippen LogP contribution in [0.3, 0.4) is 0 Å². The molecule has 0 aliphatic carbocycles. The van der Waals surface area contributed by atoms with Gasteiger partial charge in [-0.05, 0) is 76.4 Å². The van der Waals surface area contributed by atoms with Gasteiger partial charge in [-0.3, -0.25) is 4.39 Å². The monoisotopic (exact) mass is 541 g/mol. The molecule has 0 saturated carbocycles. The van der Waals surface area contributed by atoms with E-state index in [4.69, 9.17) is 23.2 Å². The number of alkyl halides is 1. The van der Waals surface area contributed by atoms with Crippen LogP contribution in [0.4, 0.5) is 4.39 Å². The number of carbonyl (C=O) groups is 1. The van der Waals surface area contributed by atoms with E-state index in [1.54, 1.807) is 30.0 Å². The van der Waals surface area contributed by atoms with E-state index in [9.17, 15) is 14.3 Å². The molecule has 0 spiro atoms. The molecule has 0 atom stereocenters. The number of hydrogen-bond acceptors (Lipinski definition) is 3. The highest BCUT2D eigenvalue weighted by atomic mass is 35.5. The number of likely N-dealkylation sites (tertiary alicyclic amines) is 1. The second kappa shape index (κ2) is 11.0. The molecule has 1 fully saturated rings. The Morgan fingerprint density at radius 3 is 2.47 bits per heavy atom. The fourth-order valence-electron chi connectivity index (χ4n) is 5.06. The number of halogens is 3. The summed E-state index contributed by atoms with van der Waals surface area (Å²) in [5.74, 6) is 0.351. The molecule has 1 N–H and O–H groups in total. The van der Waals surface area contributed by atoms with Crippen LogP contribution >= 0.6 is 35.0 Å². The van der Waals surface area contributed by atoms with Crippen LogP contribution in [-0.4, -0.2) is 48.0 Å². The molecule has 2 heterocycles. The summed E-state index contributed by atoms with van der Waals surface area (Å²) in [6.07, 6.45) is 1.62. The van der Waals surface area contributed by atoms with Gasteiger partial charge in [-0.2, -0.15) is 0 Å². The van der Waals surface area contributed by atoms with Gasteiger partial charge in [0.25, 0.3) is 0 Å². The van der Waals surface area contributed by atoms with Crippen molar-refractivity contribution in [1.82, 2.24) is 4.90 Å². The van der Waals surface area contributed by atoms with E-state index in [0.29, 0.717) is 28.1 Å². The van der Waals surface area contributed by atoms with Crippen LogP contribution in [0.15, 0.2) is 65.6 Å². The van der Waals surface area contributed by atoms with Crippen LogP contribution in [-0.2, 0) is 6.42 Å². The minimum Gasteiger partial charge on any atom is -0.478 e. The Balaban J connectivity index is 1.48. The van der Waals surface area contributed by atoms with Crippen molar-refractivity contribution in [3.63, 3.8) is 0 Å². The van der Waals surface area contributed by atoms with E-state index in [2.05, 4.69) is 29.2 Å². The lowest BCUT2D eigenvalue weighted by atomic mass is 9.87. The molecular weight excluding hydrogens is 516 g/mol. The molecule has 3 nitrogen and oxygen atoms in total. The highest BCUT2D eigenvalue weighted by Gasteiger charge is 2.27. The van der Waals surface area contributed by atoms with Crippen molar-refractivity contribution in [1.29, 1.82) is 0 Å². The molecule has 3 aromatic rings. The largest absolute Gasteiger partial charge is 0.478 e. The number of hydrogen-bond donors (Lipinski definition) is 1. The lowest BCUT2D eigenvalue weighted by molar-refractivity contribution is 0.0696. The molecule has 0 bridgehead atoms. The van der Waals surface area contributed by atoms with Crippen LogP contribution in [0.1, 0.15) is 39.0 Å². The lowest BCUT2D eigenvalue weighted by Gasteiger charge is -2.39. The Bertz CT molecular complexity index is 1320. The van der Waals surface area contributed by atoms with Crippen molar-refractivity contribution < 1.29 is 14.3 Å². The van der Waals surface area contributed by atoms with Gasteiger partial charge in [0.05, 0.1) is 12.2 Å². The maximum atomic E-state index is 12.4. The summed E-state index contributed by atoms with van der Waals surface area (Å²) >= 11 is 14.4. The molecule has 2 aliphatic rings. The molecule has 0 radical (unpaired) electrons. The summed E-state index contributed by atoms with van der Waals surface area (Å²) in [6.45, 7) is 2.66. The second-order valence-electron chi connectivity index (χ2n) is 9.35. The minimum absolute atomic E-state index is 0.249. The molecular formula is C29H26Cl2FNO2S. The molecule has 3 aromatic carbocycles. The maximum absolute atomic E-state index is 12.4. The zero-order valence-corrected chi connectivity index (χ0v) is 22.0. The minimum atomic E-state index is -0.931. The summed E-state index contributed by atoms with van der Waals surface area (Å²) in [5.41, 5.74) is 6.75. The Labute approximate surface area is 224 Å². The van der Waals surface area contributed by atoms with Gasteiger partial charge in [-0.15, -0.1) is 11.8 Å². The predicted molar refractivity (Wildman–Crippen MR) is 147 cm³/mol. The van der Waals surface area contributed by atoms with Crippen molar-refractivity contribution in [2.45, 2.75) is 17.7 Å². The fraction of sp³-hybridized carbons (Fsp3) is 0.276. The first-order valence-electron chi connectivity index (χ1n) is 12.0. The van der Waals surface area contributed by atoms with Crippen LogP contribution in [0.5, 0.6) is 0 Å². The smallest absolute Gasteiger partial charge is 0.335 e. The van der Waals surface area contributed by atoms with Gasteiger partial charge in [0, 0.05) is 40.3 Å². The molecule has 5 rings (SSSR count). The summed E-state index contributed by atoms with van der Waals surface area (Å²) in [7, 11) is 0. The first-order valence-corrected chi connectivity index (χ1v) is 13.7. The van der Waals surface area contributed by atoms with E-state index >= 15 is 0 Å². The standard InChI is InChI=1S/C29H26Cl2FNO2S/c30-22-7-9-23(26(31)14-22)25-17-36-27-13-21(29(34)35)6-8-24(27)28(25)20-4-2-18(3-5-20)12-19-15-33(16-19)11-1-10-32/h2-9,13-14,19H,1,10-12,15-17H2,(H,34,35). The molecule has 186 valence electrons. The lowest BCUT2D eigenvalue weighted by Crippen LogP contribution is -2.47. The summed E-state index contributed by atoms with van der Waals surface area (Å²) in [6, 6.07) is 19.5. The van der Waals surface area contributed by atoms with Crippen molar-refractivity contribution >= 4 is 52.1 Å². The third-order valence-corrected chi connectivity index (χ3v) is 8.47. The zero-order valence-electron chi connectivity index (χ0n) is 19.6. The predicted octanol–water partition coefficient (Wildman–Crippen LogP) is 7.59. The summed E-state index contributed by atoms with van der Waals surface area (Å²) < 4.78 is 12.4. The maximum Gasteiger partial charge on any atom is 0.335 e. The van der Waals surface area contributed by atoms with E-state index in [1.807, 2.05) is 18.2 Å². The Kier molecular flexibility index (Phi) is 7.73. The number of carboxylic acid groups (broad SMARTS) is 1. The van der Waals surface area contributed by atoms with Crippen molar-refractivity contribution in [3.05, 3.63) is 98.5 Å². The number of carboxylic acids is 1. The average molecular weight is 543 g/mol. The summed E-state index contributed by atoms with van der Waals surface area (Å²) in [5, 5.41) is 10.7. The van der Waals surface area contributed by atoms with Crippen molar-refractivity contribution in [2.24, 2.45) is 5.92 Å². The molecule has 36 heavy (non-hydrogen) atoms. The molecule has 0 aromatic heterocycles. The molecule has 1 saturated heterocycles. The third kappa shape index (κ3) is 5.35. The molecule has 7 heteroatoms. The number of benzene rings is 3. The van der Waals surface area contributed by atoms with Crippen LogP contribution in [0.25, 0.3) is 11.1 Å². The summed E-state index contributed by atoms with van der Waals surface area (Å²) in [4.78, 5) is 14.8. The average Bonchev–Trinajstić information content (AvgIpc) is 2.85. The highest BCUT2D eigenvalue weighted by Crippen LogP contribution is 2.46. The van der Waals surface area contributed by atoms with E-state index in [0.717, 1.165) is 58.8 Å². The third-order valence-electron chi connectivity index (χ3n) is 6.84. The van der Waals surface area contributed by atoms with Crippen LogP contribution in [0.2, 0.25) is 10.0 Å². The Hall–Kier alpha value is -2.31. The van der Waals surface area contributed by atoms with Gasteiger partial charge < -0.3 is 10.0 Å². The molecule has 0 amide bonds. The molecule has 2 aliphatic heterocycles. The van der Waals surface area contributed by atoms with E-state index in [1.165, 1.54) is 5.56 Å². The van der Waals surface area contributed by atoms with Crippen LogP contribution in [0, 0.1) is 5.92 Å². The quantitative estimate of drug-likeness (QED) is 0.319. The topological polar surface area (TPSA) is 40.5 Å². The van der Waals surface area contributed by atoms with Crippen LogP contribution < -0.4 is 0 Å². The Morgan fingerprint density at radius 1 is 1.03 bits per heavy atom. The van der Waals surface area contributed by atoms with Gasteiger partial charge in [0.2, 0.25) is 0 Å². The highest BCUT2D eigenvalue weighted by molar-refractivity contribution is 7.99. The van der Waals surface area contributed by atoms with Gasteiger partial charge in [0.15, 0.2) is 0 Å². The van der Waals surface area contributed by atoms with E-state index < -0.39 is 5.97 Å². The molecule has 0 unspecified atom stereocenters. The van der Waals surface area contributed by atoms with Gasteiger partial charge in [-0.25, -0.2) is 4.79 Å². The first-order chi connectivity index (χ1) is 17.4. The normalized spacial score (nSPS) is 16.1. The zero-order chi connectivity index (χ0) is 25.2. The fourth-order valence-corrected chi connectivity index (χ4v) is 6.71.